The van der Waals surface area contributed by atoms with Gasteiger partial charge >= 0.3 is 5.97 Å². The number of aromatic carboxylic acids is 1. The van der Waals surface area contributed by atoms with E-state index in [-0.39, 0.29) is 23.6 Å². The van der Waals surface area contributed by atoms with Crippen LogP contribution in [0.3, 0.4) is 0 Å². The number of aromatic nitrogens is 1. The highest BCUT2D eigenvalue weighted by Crippen LogP contribution is 2.38. The Hall–Kier alpha value is -2.45. The molecule has 2 aliphatic rings. The Balaban J connectivity index is 1.87. The third-order valence-electron chi connectivity index (χ3n) is 5.96. The van der Waals surface area contributed by atoms with Crippen molar-refractivity contribution in [3.8, 4) is 0 Å². The standard InChI is InChI=1S/C20H24FN3O4/c1-12-2-3-13-17-14(19(26)15(20(27)28)11-24(12)17)10-16(21)18(13)23-6-4-22(5-7-23)8-9-25/h10-12,25H,2-9H2,1H3,(H,27,28). The van der Waals surface area contributed by atoms with E-state index in [0.29, 0.717) is 37.3 Å². The maximum atomic E-state index is 15.2. The fraction of sp³-hybridized carbons (Fsp3) is 0.500. The van der Waals surface area contributed by atoms with Crippen LogP contribution in [-0.4, -0.2) is 65.0 Å². The van der Waals surface area contributed by atoms with Crippen LogP contribution in [0.25, 0.3) is 10.9 Å². The lowest BCUT2D eigenvalue weighted by Crippen LogP contribution is -2.48. The third-order valence-corrected chi connectivity index (χ3v) is 5.96. The summed E-state index contributed by atoms with van der Waals surface area (Å²) in [5.41, 5.74) is 1.02. The van der Waals surface area contributed by atoms with Crippen molar-refractivity contribution in [3.05, 3.63) is 39.4 Å². The molecule has 2 N–H and O–H groups in total. The Morgan fingerprint density at radius 2 is 2.00 bits per heavy atom. The highest BCUT2D eigenvalue weighted by molar-refractivity contribution is 5.95. The van der Waals surface area contributed by atoms with Crippen LogP contribution < -0.4 is 10.3 Å². The smallest absolute Gasteiger partial charge is 0.341 e. The molecule has 3 heterocycles. The Morgan fingerprint density at radius 1 is 1.29 bits per heavy atom. The van der Waals surface area contributed by atoms with Crippen molar-refractivity contribution in [2.45, 2.75) is 25.8 Å². The number of rotatable bonds is 4. The quantitative estimate of drug-likeness (QED) is 0.824. The van der Waals surface area contributed by atoms with E-state index in [1.165, 1.54) is 12.3 Å². The van der Waals surface area contributed by atoms with E-state index in [2.05, 4.69) is 4.90 Å². The summed E-state index contributed by atoms with van der Waals surface area (Å²) in [7, 11) is 0. The van der Waals surface area contributed by atoms with Crippen molar-refractivity contribution in [1.29, 1.82) is 0 Å². The predicted molar refractivity (Wildman–Crippen MR) is 104 cm³/mol. The van der Waals surface area contributed by atoms with Crippen LogP contribution >= 0.6 is 0 Å². The molecule has 0 saturated carbocycles. The number of carbonyl (C=O) groups is 1. The monoisotopic (exact) mass is 389 g/mol. The first-order valence-corrected chi connectivity index (χ1v) is 9.64. The van der Waals surface area contributed by atoms with Crippen molar-refractivity contribution >= 4 is 22.6 Å². The van der Waals surface area contributed by atoms with Crippen molar-refractivity contribution < 1.29 is 19.4 Å². The molecule has 4 rings (SSSR count). The van der Waals surface area contributed by atoms with Gasteiger partial charge in [0.05, 0.1) is 17.8 Å². The molecule has 0 bridgehead atoms. The number of carboxylic acid groups (broad SMARTS) is 1. The highest BCUT2D eigenvalue weighted by atomic mass is 19.1. The average Bonchev–Trinajstić information content (AvgIpc) is 2.67. The summed E-state index contributed by atoms with van der Waals surface area (Å²) in [6.07, 6.45) is 2.81. The van der Waals surface area contributed by atoms with E-state index in [0.717, 1.165) is 25.1 Å². The summed E-state index contributed by atoms with van der Waals surface area (Å²) < 4.78 is 17.0. The lowest BCUT2D eigenvalue weighted by molar-refractivity contribution is 0.0694. The predicted octanol–water partition coefficient (Wildman–Crippen LogP) is 1.46. The Kier molecular flexibility index (Phi) is 4.84. The molecule has 1 aromatic heterocycles. The van der Waals surface area contributed by atoms with Crippen LogP contribution in [0.15, 0.2) is 17.1 Å². The molecular weight excluding hydrogens is 365 g/mol. The SMILES string of the molecule is CC1CCc2c(N3CCN(CCO)CC3)c(F)cc3c(=O)c(C(=O)O)cn1c23. The first-order chi connectivity index (χ1) is 13.4. The maximum absolute atomic E-state index is 15.2. The van der Waals surface area contributed by atoms with Gasteiger partial charge in [0, 0.05) is 55.9 Å². The lowest BCUT2D eigenvalue weighted by atomic mass is 9.93. The van der Waals surface area contributed by atoms with Gasteiger partial charge in [0.15, 0.2) is 0 Å². The van der Waals surface area contributed by atoms with E-state index < -0.39 is 17.2 Å². The summed E-state index contributed by atoms with van der Waals surface area (Å²) in [4.78, 5) is 28.3. The van der Waals surface area contributed by atoms with Gasteiger partial charge in [-0.3, -0.25) is 9.69 Å². The average molecular weight is 389 g/mol. The van der Waals surface area contributed by atoms with Crippen LogP contribution in [0.2, 0.25) is 0 Å². The zero-order chi connectivity index (χ0) is 20.0. The second-order valence-electron chi connectivity index (χ2n) is 7.61. The molecule has 2 aliphatic heterocycles. The molecule has 1 aromatic carbocycles. The highest BCUT2D eigenvalue weighted by Gasteiger charge is 2.29. The number of hydrogen-bond donors (Lipinski definition) is 2. The zero-order valence-electron chi connectivity index (χ0n) is 15.8. The summed E-state index contributed by atoms with van der Waals surface area (Å²) >= 11 is 0. The number of halogens is 1. The Bertz CT molecular complexity index is 995. The van der Waals surface area contributed by atoms with Gasteiger partial charge in [-0.15, -0.1) is 0 Å². The van der Waals surface area contributed by atoms with E-state index in [9.17, 15) is 14.7 Å². The largest absolute Gasteiger partial charge is 0.477 e. The number of anilines is 1. The van der Waals surface area contributed by atoms with Gasteiger partial charge < -0.3 is 19.7 Å². The van der Waals surface area contributed by atoms with Gasteiger partial charge in [-0.2, -0.15) is 0 Å². The fourth-order valence-corrected chi connectivity index (χ4v) is 4.47. The summed E-state index contributed by atoms with van der Waals surface area (Å²) in [5, 5.41) is 18.6. The molecule has 0 spiro atoms. The van der Waals surface area contributed by atoms with Crippen molar-refractivity contribution in [2.75, 3.05) is 44.2 Å². The molecule has 2 aromatic rings. The van der Waals surface area contributed by atoms with Crippen LogP contribution in [-0.2, 0) is 6.42 Å². The number of aliphatic hydroxyl groups excluding tert-OH is 1. The van der Waals surface area contributed by atoms with Crippen LogP contribution in [0, 0.1) is 5.82 Å². The molecular formula is C20H24FN3O4. The molecule has 150 valence electrons. The van der Waals surface area contributed by atoms with E-state index in [4.69, 9.17) is 5.11 Å². The summed E-state index contributed by atoms with van der Waals surface area (Å²) in [5.74, 6) is -1.77. The molecule has 28 heavy (non-hydrogen) atoms. The topological polar surface area (TPSA) is 86.0 Å². The molecule has 1 unspecified atom stereocenters. The number of pyridine rings is 1. The second kappa shape index (κ2) is 7.18. The molecule has 8 heteroatoms. The van der Waals surface area contributed by atoms with Crippen LogP contribution in [0.5, 0.6) is 0 Å². The molecule has 1 atom stereocenters. The van der Waals surface area contributed by atoms with E-state index >= 15 is 4.39 Å². The number of aryl methyl sites for hydroxylation is 1. The number of aliphatic hydroxyl groups is 1. The molecule has 1 fully saturated rings. The van der Waals surface area contributed by atoms with Gasteiger partial charge in [-0.25, -0.2) is 9.18 Å². The van der Waals surface area contributed by atoms with Crippen LogP contribution in [0.1, 0.15) is 35.3 Å². The lowest BCUT2D eigenvalue weighted by Gasteiger charge is -2.38. The Labute approximate surface area is 161 Å². The number of piperazine rings is 1. The number of benzene rings is 1. The van der Waals surface area contributed by atoms with E-state index in [1.807, 2.05) is 16.4 Å². The minimum Gasteiger partial charge on any atom is -0.477 e. The van der Waals surface area contributed by atoms with Crippen molar-refractivity contribution in [1.82, 2.24) is 9.47 Å². The zero-order valence-corrected chi connectivity index (χ0v) is 15.8. The minimum absolute atomic E-state index is 0.0356. The van der Waals surface area contributed by atoms with Gasteiger partial charge in [0.1, 0.15) is 11.4 Å². The first kappa shape index (κ1) is 18.9. The van der Waals surface area contributed by atoms with Gasteiger partial charge in [-0.05, 0) is 25.8 Å². The Morgan fingerprint density at radius 3 is 2.64 bits per heavy atom. The van der Waals surface area contributed by atoms with Gasteiger partial charge in [-0.1, -0.05) is 0 Å². The first-order valence-electron chi connectivity index (χ1n) is 9.64. The normalized spacial score (nSPS) is 20.0. The molecule has 7 nitrogen and oxygen atoms in total. The van der Waals surface area contributed by atoms with Gasteiger partial charge in [0.25, 0.3) is 0 Å². The van der Waals surface area contributed by atoms with Crippen molar-refractivity contribution in [2.24, 2.45) is 0 Å². The minimum atomic E-state index is -1.29. The fourth-order valence-electron chi connectivity index (χ4n) is 4.47. The maximum Gasteiger partial charge on any atom is 0.341 e. The molecule has 0 aliphatic carbocycles. The summed E-state index contributed by atoms with van der Waals surface area (Å²) in [6, 6.07) is 1.24. The number of hydrogen-bond acceptors (Lipinski definition) is 5. The number of nitrogens with zero attached hydrogens (tertiary/aromatic N) is 3. The summed E-state index contributed by atoms with van der Waals surface area (Å²) in [6.45, 7) is 5.44. The van der Waals surface area contributed by atoms with Crippen LogP contribution in [0.4, 0.5) is 10.1 Å². The van der Waals surface area contributed by atoms with Gasteiger partial charge in [0.2, 0.25) is 5.43 Å². The second-order valence-corrected chi connectivity index (χ2v) is 7.61. The molecule has 1 saturated heterocycles. The molecule has 0 amide bonds. The number of carboxylic acids is 1. The van der Waals surface area contributed by atoms with Crippen molar-refractivity contribution in [3.63, 3.8) is 0 Å². The molecule has 0 radical (unpaired) electrons. The third kappa shape index (κ3) is 2.97. The number of β-amino-alcohol motifs (C(OH)–C–C–N with tert-alkyl or cyclic N) is 1. The van der Waals surface area contributed by atoms with E-state index in [1.54, 1.807) is 0 Å².